The van der Waals surface area contributed by atoms with Crippen LogP contribution in [0.3, 0.4) is 0 Å². The number of aliphatic carboxylic acids is 2. The van der Waals surface area contributed by atoms with Crippen molar-refractivity contribution < 1.29 is 67.4 Å². The van der Waals surface area contributed by atoms with E-state index in [2.05, 4.69) is 45.1 Å². The first kappa shape index (κ1) is 105. The summed E-state index contributed by atoms with van der Waals surface area (Å²) in [5.74, 6) is -0.285. The number of aliphatic imine (C=N–C) groups is 2. The lowest BCUT2D eigenvalue weighted by Gasteiger charge is -2.20. The number of nitrogens with two attached hydrogens (primary N) is 2. The van der Waals surface area contributed by atoms with Crippen LogP contribution in [0.5, 0.6) is 23.0 Å². The van der Waals surface area contributed by atoms with Crippen LogP contribution in [0.15, 0.2) is 216 Å². The Morgan fingerprint density at radius 1 is 0.368 bits per heavy atom. The van der Waals surface area contributed by atoms with Gasteiger partial charge in [0.05, 0.1) is 26.4 Å². The standard InChI is InChI=1S/C56H66N8O8.C28H26O6.C3H8.6CH4.2H2S/c1-59-55(57)61-33-13-25-45(53(67)71-37-39-17-5-3-6-18-39)63-49(65)27-15-35-69-47-31-29-41-21-9-11-23-43(41)51(47)52-44-24-12-10-22-42(44)30-32-48(52)70-36-16-28-50(66)64-46(26-14-34-62-56(58)60-2)54(68)72-38-40-19-7-4-8-20-40;29-25(30)11-5-17-33-23-15-13-19-7-1-3-9-21(19)27(23)28-22-10-4-2-8-20(22)14-16-24(28)34-18-6-12-26(31)32;1-3-2;;;;;;;;/h3-12,17-24,29-32,45-46H,13-16,25-28,33-38H2,1-2H3,(H,63,65)(H,64,66)(H3,57,59,61)(H3,58,60,62);1-4,7-10,13-16H,5-6,11-12,17-18H2,(H,29,30)(H,31,32);3H2,1-2H3;6*1H4;2*1H2/t45-,46-;;;;;;;;;;/m1........../s1. The summed E-state index contributed by atoms with van der Waals surface area (Å²) in [5.41, 5.74) is 16.6. The number of fused-ring (bicyclic) bond motifs is 4. The van der Waals surface area contributed by atoms with Crippen molar-refractivity contribution in [2.45, 2.75) is 167 Å². The molecule has 0 aromatic heterocycles. The maximum Gasteiger partial charge on any atom is 0.328 e. The van der Waals surface area contributed by atoms with Gasteiger partial charge in [-0.1, -0.05) is 247 Å². The van der Waals surface area contributed by atoms with Crippen molar-refractivity contribution in [2.75, 3.05) is 53.6 Å². The number of carbonyl (C=O) groups excluding carboxylic acids is 4. The average molecular weight is 1650 g/mol. The van der Waals surface area contributed by atoms with E-state index >= 15 is 0 Å². The molecule has 0 heterocycles. The fourth-order valence-electron chi connectivity index (χ4n) is 12.1. The lowest BCUT2D eigenvalue weighted by molar-refractivity contribution is -0.149. The number of guanidine groups is 2. The van der Waals surface area contributed by atoms with Gasteiger partial charge in [-0.15, -0.1) is 0 Å². The van der Waals surface area contributed by atoms with Gasteiger partial charge in [0.2, 0.25) is 11.8 Å². The van der Waals surface area contributed by atoms with E-state index in [0.29, 0.717) is 87.5 Å². The third-order valence-electron chi connectivity index (χ3n) is 17.4. The number of hydrogen-bond donors (Lipinski definition) is 8. The zero-order valence-electron chi connectivity index (χ0n) is 63.5. The van der Waals surface area contributed by atoms with E-state index in [-0.39, 0.29) is 161 Å². The lowest BCUT2D eigenvalue weighted by Crippen LogP contribution is -2.42. The van der Waals surface area contributed by atoms with Gasteiger partial charge < -0.3 is 71.4 Å². The molecule has 117 heavy (non-hydrogen) atoms. The number of nitrogens with one attached hydrogen (secondary N) is 4. The number of nitrogens with zero attached hydrogens (tertiary/aromatic N) is 2. The highest BCUT2D eigenvalue weighted by Crippen LogP contribution is 2.47. The predicted octanol–water partition coefficient (Wildman–Crippen LogP) is 18.7. The van der Waals surface area contributed by atoms with Gasteiger partial charge in [0.25, 0.3) is 0 Å². The molecular weight excluding hydrogens is 1520 g/mol. The molecule has 0 spiro atoms. The van der Waals surface area contributed by atoms with Crippen LogP contribution in [-0.4, -0.2) is 124 Å². The van der Waals surface area contributed by atoms with Crippen LogP contribution >= 0.6 is 27.0 Å². The Hall–Kier alpha value is -11.5. The fraction of sp³-hybridized carbons (Fsp3) is 0.355. The summed E-state index contributed by atoms with van der Waals surface area (Å²) >= 11 is 0. The van der Waals surface area contributed by atoms with Gasteiger partial charge in [-0.2, -0.15) is 27.0 Å². The third kappa shape index (κ3) is 33.7. The van der Waals surface area contributed by atoms with Crippen LogP contribution in [0.25, 0.3) is 65.3 Å². The lowest BCUT2D eigenvalue weighted by atomic mass is 9.92. The van der Waals surface area contributed by atoms with Gasteiger partial charge in [-0.3, -0.25) is 29.2 Å². The molecule has 0 aliphatic heterocycles. The van der Waals surface area contributed by atoms with Gasteiger partial charge >= 0.3 is 23.9 Å². The SMILES string of the molecule is C.C.C.C.C.C.CCC.CN=C(N)NCCC[C@@H](NC(=O)CCCOc1ccc2ccccc2c1-c1c(OCCCC(=O)N[C@H](CCCNC(N)=NC)C(=O)OCc2ccccc2)ccc2ccccc12)C(=O)OCc1ccccc1.O=C(O)CCCOc1ccc2ccccc2c1-c1c(OCCCC(=O)O)ccc2ccccc12.S.S. The Labute approximate surface area is 707 Å². The van der Waals surface area contributed by atoms with E-state index in [1.807, 2.05) is 206 Å². The Morgan fingerprint density at radius 2 is 0.624 bits per heavy atom. The number of amides is 2. The Balaban J connectivity index is 0.00000252. The van der Waals surface area contributed by atoms with E-state index < -0.39 is 36.0 Å². The summed E-state index contributed by atoms with van der Waals surface area (Å²) in [4.78, 5) is 83.0. The minimum atomic E-state index is -0.861. The highest BCUT2D eigenvalue weighted by atomic mass is 32.1. The molecule has 2 atom stereocenters. The summed E-state index contributed by atoms with van der Waals surface area (Å²) in [5, 5.41) is 37.6. The molecule has 0 radical (unpaired) electrons. The van der Waals surface area contributed by atoms with Crippen LogP contribution in [0.4, 0.5) is 0 Å². The summed E-state index contributed by atoms with van der Waals surface area (Å²) in [6, 6.07) is 64.8. The Kier molecular flexibility index (Phi) is 51.9. The molecule has 636 valence electrons. The van der Waals surface area contributed by atoms with Gasteiger partial charge in [0.15, 0.2) is 11.9 Å². The molecule has 10 N–H and O–H groups in total. The normalized spacial score (nSPS) is 10.9. The number of carboxylic acid groups (broad SMARTS) is 2. The first-order chi connectivity index (χ1) is 53.1. The number of ether oxygens (including phenoxy) is 6. The van der Waals surface area contributed by atoms with Crippen molar-refractivity contribution in [1.82, 2.24) is 21.3 Å². The number of benzene rings is 10. The van der Waals surface area contributed by atoms with Crippen molar-refractivity contribution in [1.29, 1.82) is 0 Å². The van der Waals surface area contributed by atoms with Crippen LogP contribution in [0.1, 0.15) is 153 Å². The molecule has 10 rings (SSSR count). The number of hydrogen-bond acceptors (Lipinski definition) is 14. The topological polar surface area (TPSA) is 323 Å². The highest BCUT2D eigenvalue weighted by molar-refractivity contribution is 7.59. The van der Waals surface area contributed by atoms with E-state index in [4.69, 9.17) is 50.1 Å². The maximum atomic E-state index is 13.4. The largest absolute Gasteiger partial charge is 0.493 e. The first-order valence-corrected chi connectivity index (χ1v) is 37.0. The number of carboxylic acids is 2. The maximum absolute atomic E-state index is 13.4. The molecule has 0 saturated carbocycles. The van der Waals surface area contributed by atoms with Gasteiger partial charge in [0, 0.05) is 75.1 Å². The molecule has 0 saturated heterocycles. The summed E-state index contributed by atoms with van der Waals surface area (Å²) in [6.45, 7) is 6.31. The molecule has 10 aromatic rings. The van der Waals surface area contributed by atoms with Crippen LogP contribution < -0.4 is 51.7 Å². The molecule has 2 amide bonds. The number of rotatable bonds is 38. The molecule has 0 aliphatic rings. The Bertz CT molecular complexity index is 4400. The van der Waals surface area contributed by atoms with Gasteiger partial charge in [0.1, 0.15) is 48.3 Å². The summed E-state index contributed by atoms with van der Waals surface area (Å²) < 4.78 is 36.6. The van der Waals surface area contributed by atoms with Crippen molar-refractivity contribution >= 4 is 118 Å². The molecule has 22 nitrogen and oxygen atoms in total. The van der Waals surface area contributed by atoms with E-state index in [1.54, 1.807) is 14.1 Å². The smallest absolute Gasteiger partial charge is 0.328 e. The Morgan fingerprint density at radius 3 is 0.889 bits per heavy atom. The average Bonchev–Trinajstić information content (AvgIpc) is 0.760. The van der Waals surface area contributed by atoms with E-state index in [0.717, 1.165) is 76.5 Å². The fourth-order valence-corrected chi connectivity index (χ4v) is 12.1. The summed E-state index contributed by atoms with van der Waals surface area (Å²) in [6.07, 6.45) is 4.78. The molecule has 10 aromatic carbocycles. The highest BCUT2D eigenvalue weighted by Gasteiger charge is 2.26. The quantitative estimate of drug-likeness (QED) is 0.00771. The molecule has 0 unspecified atom stereocenters. The summed E-state index contributed by atoms with van der Waals surface area (Å²) in [7, 11) is 3.16. The molecule has 24 heteroatoms. The van der Waals surface area contributed by atoms with Crippen molar-refractivity contribution in [3.05, 3.63) is 217 Å². The van der Waals surface area contributed by atoms with Crippen molar-refractivity contribution in [3.8, 4) is 45.3 Å². The second-order valence-electron chi connectivity index (χ2n) is 25.7. The predicted molar refractivity (Wildman–Crippen MR) is 491 cm³/mol. The van der Waals surface area contributed by atoms with Crippen LogP contribution in [0, 0.1) is 0 Å². The molecule has 0 fully saturated rings. The second kappa shape index (κ2) is 57.5. The zero-order chi connectivity index (χ0) is 77.5. The number of esters is 2. The minimum absolute atomic E-state index is 0. The number of carbonyl (C=O) groups is 6. The second-order valence-corrected chi connectivity index (χ2v) is 25.7. The monoisotopic (exact) mass is 1640 g/mol. The molecule has 0 bridgehead atoms. The first-order valence-electron chi connectivity index (χ1n) is 37.0. The third-order valence-corrected chi connectivity index (χ3v) is 17.4. The minimum Gasteiger partial charge on any atom is -0.493 e. The van der Waals surface area contributed by atoms with Crippen LogP contribution in [0.2, 0.25) is 0 Å². The van der Waals surface area contributed by atoms with Gasteiger partial charge in [-0.25, -0.2) is 9.59 Å². The van der Waals surface area contributed by atoms with Crippen molar-refractivity contribution in [3.63, 3.8) is 0 Å². The molecular formula is C93H128N8O14S2. The van der Waals surface area contributed by atoms with Crippen LogP contribution in [-0.2, 0) is 51.5 Å². The zero-order valence-corrected chi connectivity index (χ0v) is 65.5. The molecule has 0 aliphatic carbocycles. The van der Waals surface area contributed by atoms with Gasteiger partial charge in [-0.05, 0) is 130 Å². The van der Waals surface area contributed by atoms with E-state index in [9.17, 15) is 28.8 Å². The van der Waals surface area contributed by atoms with Crippen molar-refractivity contribution in [2.24, 2.45) is 21.5 Å². The van der Waals surface area contributed by atoms with E-state index in [1.165, 1.54) is 6.42 Å².